The lowest BCUT2D eigenvalue weighted by Crippen LogP contribution is -2.49. The van der Waals surface area contributed by atoms with Crippen LogP contribution in [0.2, 0.25) is 0 Å². The summed E-state index contributed by atoms with van der Waals surface area (Å²) >= 11 is 5.32. The van der Waals surface area contributed by atoms with E-state index in [-0.39, 0.29) is 5.97 Å². The summed E-state index contributed by atoms with van der Waals surface area (Å²) in [5.74, 6) is -0.146. The highest BCUT2D eigenvalue weighted by Gasteiger charge is 2.45. The summed E-state index contributed by atoms with van der Waals surface area (Å²) < 4.78 is 6.01. The van der Waals surface area contributed by atoms with Gasteiger partial charge in [-0.15, -0.1) is 11.8 Å². The fraction of sp³-hybridized carbons (Fsp3) is 0.500. The molecule has 2 atom stereocenters. The van der Waals surface area contributed by atoms with Crippen LogP contribution in [0.25, 0.3) is 0 Å². The number of halogens is 1. The third-order valence-corrected chi connectivity index (χ3v) is 5.38. The lowest BCUT2D eigenvalue weighted by molar-refractivity contribution is -0.148. The Labute approximate surface area is 126 Å². The maximum absolute atomic E-state index is 11.9. The monoisotopic (exact) mass is 343 g/mol. The number of benzene rings is 1. The summed E-state index contributed by atoms with van der Waals surface area (Å²) in [6.45, 7) is 0. The number of carbonyl (C=O) groups excluding carboxylic acids is 1. The minimum atomic E-state index is -0.502. The summed E-state index contributed by atoms with van der Waals surface area (Å²) in [5.41, 5.74) is -0.502. The maximum Gasteiger partial charge on any atom is 0.326 e. The van der Waals surface area contributed by atoms with E-state index in [4.69, 9.17) is 4.74 Å². The van der Waals surface area contributed by atoms with Crippen molar-refractivity contribution in [1.29, 1.82) is 0 Å². The third kappa shape index (κ3) is 3.33. The molecule has 0 amide bonds. The van der Waals surface area contributed by atoms with Gasteiger partial charge in [0.15, 0.2) is 0 Å². The first-order valence-corrected chi connectivity index (χ1v) is 7.96. The standard InChI is InChI=1S/C14H18BrNO2S/c1-16-14(13(17)18-2)7-6-12(9-14)19-11-5-3-4-10(15)8-11/h3-5,8,12,16H,6-7,9H2,1-2H3. The Hall–Kier alpha value is -0.520. The summed E-state index contributed by atoms with van der Waals surface area (Å²) in [4.78, 5) is 13.2. The molecule has 0 radical (unpaired) electrons. The van der Waals surface area contributed by atoms with Gasteiger partial charge in [-0.05, 0) is 44.5 Å². The molecule has 0 saturated heterocycles. The molecule has 2 rings (SSSR count). The number of hydrogen-bond acceptors (Lipinski definition) is 4. The largest absolute Gasteiger partial charge is 0.468 e. The molecule has 1 aliphatic rings. The smallest absolute Gasteiger partial charge is 0.326 e. The van der Waals surface area contributed by atoms with Crippen molar-refractivity contribution in [1.82, 2.24) is 5.32 Å². The van der Waals surface area contributed by atoms with Gasteiger partial charge < -0.3 is 10.1 Å². The molecule has 5 heteroatoms. The Morgan fingerprint density at radius 3 is 3.00 bits per heavy atom. The predicted molar refractivity (Wildman–Crippen MR) is 81.4 cm³/mol. The first-order valence-electron chi connectivity index (χ1n) is 6.29. The van der Waals surface area contributed by atoms with Gasteiger partial charge in [0.05, 0.1) is 7.11 Å². The van der Waals surface area contributed by atoms with Crippen LogP contribution in [-0.4, -0.2) is 30.9 Å². The van der Waals surface area contributed by atoms with E-state index in [1.807, 2.05) is 30.9 Å². The van der Waals surface area contributed by atoms with Crippen molar-refractivity contribution in [3.63, 3.8) is 0 Å². The molecule has 0 aliphatic heterocycles. The van der Waals surface area contributed by atoms with Gasteiger partial charge in [0.25, 0.3) is 0 Å². The average Bonchev–Trinajstić information content (AvgIpc) is 2.82. The molecule has 1 aromatic carbocycles. The second kappa shape index (κ2) is 6.29. The van der Waals surface area contributed by atoms with Crippen molar-refractivity contribution in [3.05, 3.63) is 28.7 Å². The van der Waals surface area contributed by atoms with Crippen LogP contribution in [0.1, 0.15) is 19.3 Å². The van der Waals surface area contributed by atoms with Crippen LogP contribution in [0.5, 0.6) is 0 Å². The van der Waals surface area contributed by atoms with E-state index in [0.717, 1.165) is 23.7 Å². The number of ether oxygens (including phenoxy) is 1. The van der Waals surface area contributed by atoms with E-state index in [1.54, 1.807) is 0 Å². The topological polar surface area (TPSA) is 38.3 Å². The molecular formula is C14H18BrNO2S. The van der Waals surface area contributed by atoms with Crippen molar-refractivity contribution in [2.75, 3.05) is 14.2 Å². The van der Waals surface area contributed by atoms with Crippen molar-refractivity contribution >= 4 is 33.7 Å². The second-order valence-corrected chi connectivity index (χ2v) is 7.05. The molecule has 3 nitrogen and oxygen atoms in total. The van der Waals surface area contributed by atoms with Gasteiger partial charge >= 0.3 is 5.97 Å². The normalized spacial score (nSPS) is 26.4. The van der Waals surface area contributed by atoms with Crippen molar-refractivity contribution < 1.29 is 9.53 Å². The van der Waals surface area contributed by atoms with Crippen LogP contribution in [0, 0.1) is 0 Å². The Morgan fingerprint density at radius 1 is 1.58 bits per heavy atom. The van der Waals surface area contributed by atoms with E-state index in [2.05, 4.69) is 33.4 Å². The SMILES string of the molecule is CNC1(C(=O)OC)CCC(Sc2cccc(Br)c2)C1. The number of hydrogen-bond donors (Lipinski definition) is 1. The van der Waals surface area contributed by atoms with Crippen LogP contribution in [0.3, 0.4) is 0 Å². The van der Waals surface area contributed by atoms with E-state index < -0.39 is 5.54 Å². The van der Waals surface area contributed by atoms with Gasteiger partial charge in [0.1, 0.15) is 5.54 Å². The van der Waals surface area contributed by atoms with Gasteiger partial charge in [-0.1, -0.05) is 22.0 Å². The molecule has 2 unspecified atom stereocenters. The average molecular weight is 344 g/mol. The summed E-state index contributed by atoms with van der Waals surface area (Å²) in [7, 11) is 3.29. The molecule has 0 aromatic heterocycles. The minimum Gasteiger partial charge on any atom is -0.468 e. The number of esters is 1. The molecule has 19 heavy (non-hydrogen) atoms. The van der Waals surface area contributed by atoms with E-state index in [0.29, 0.717) is 5.25 Å². The number of carbonyl (C=O) groups is 1. The lowest BCUT2D eigenvalue weighted by atomic mass is 9.98. The quantitative estimate of drug-likeness (QED) is 0.852. The third-order valence-electron chi connectivity index (χ3n) is 3.62. The summed E-state index contributed by atoms with van der Waals surface area (Å²) in [5, 5.41) is 3.60. The molecule has 1 aliphatic carbocycles. The van der Waals surface area contributed by atoms with Gasteiger partial charge in [0.2, 0.25) is 0 Å². The first kappa shape index (κ1) is 14.9. The molecule has 0 heterocycles. The van der Waals surface area contributed by atoms with Crippen molar-refractivity contribution in [3.8, 4) is 0 Å². The van der Waals surface area contributed by atoms with Crippen LogP contribution < -0.4 is 5.32 Å². The highest BCUT2D eigenvalue weighted by Crippen LogP contribution is 2.41. The molecule has 1 aromatic rings. The van der Waals surface area contributed by atoms with Crippen LogP contribution in [-0.2, 0) is 9.53 Å². The minimum absolute atomic E-state index is 0.146. The fourth-order valence-electron chi connectivity index (χ4n) is 2.54. The summed E-state index contributed by atoms with van der Waals surface area (Å²) in [6.07, 6.45) is 2.67. The molecule has 1 saturated carbocycles. The van der Waals surface area contributed by atoms with Crippen LogP contribution >= 0.6 is 27.7 Å². The number of methoxy groups -OCH3 is 1. The Bertz CT molecular complexity index is 469. The zero-order chi connectivity index (χ0) is 13.9. The molecule has 0 spiro atoms. The van der Waals surface area contributed by atoms with Crippen molar-refractivity contribution in [2.45, 2.75) is 34.9 Å². The molecule has 104 valence electrons. The highest BCUT2D eigenvalue weighted by molar-refractivity contribution is 9.10. The Kier molecular flexibility index (Phi) is 4.92. The lowest BCUT2D eigenvalue weighted by Gasteiger charge is -2.25. The highest BCUT2D eigenvalue weighted by atomic mass is 79.9. The number of thioether (sulfide) groups is 1. The molecular weight excluding hydrogens is 326 g/mol. The van der Waals surface area contributed by atoms with Gasteiger partial charge in [-0.2, -0.15) is 0 Å². The van der Waals surface area contributed by atoms with Gasteiger partial charge in [-0.3, -0.25) is 4.79 Å². The molecule has 1 N–H and O–H groups in total. The van der Waals surface area contributed by atoms with Gasteiger partial charge in [0, 0.05) is 14.6 Å². The molecule has 0 bridgehead atoms. The second-order valence-electron chi connectivity index (χ2n) is 4.76. The van der Waals surface area contributed by atoms with Crippen LogP contribution in [0.15, 0.2) is 33.6 Å². The zero-order valence-electron chi connectivity index (χ0n) is 11.1. The number of nitrogens with one attached hydrogen (secondary N) is 1. The zero-order valence-corrected chi connectivity index (χ0v) is 13.5. The Morgan fingerprint density at radius 2 is 2.37 bits per heavy atom. The van der Waals surface area contributed by atoms with E-state index in [9.17, 15) is 4.79 Å². The van der Waals surface area contributed by atoms with E-state index >= 15 is 0 Å². The van der Waals surface area contributed by atoms with E-state index in [1.165, 1.54) is 12.0 Å². The Balaban J connectivity index is 2.04. The van der Waals surface area contributed by atoms with Gasteiger partial charge in [-0.25, -0.2) is 0 Å². The fourth-order valence-corrected chi connectivity index (χ4v) is 4.43. The maximum atomic E-state index is 11.9. The number of likely N-dealkylation sites (N-methyl/N-ethyl adjacent to an activating group) is 1. The predicted octanol–water partition coefficient (Wildman–Crippen LogP) is 3.22. The molecule has 1 fully saturated rings. The van der Waals surface area contributed by atoms with Crippen LogP contribution in [0.4, 0.5) is 0 Å². The first-order chi connectivity index (χ1) is 9.09. The van der Waals surface area contributed by atoms with Crippen molar-refractivity contribution in [2.24, 2.45) is 0 Å². The summed E-state index contributed by atoms with van der Waals surface area (Å²) in [6, 6.07) is 8.27. The number of rotatable bonds is 4.